The highest BCUT2D eigenvalue weighted by Gasteiger charge is 2.27. The van der Waals surface area contributed by atoms with E-state index in [-0.39, 0.29) is 17.6 Å². The summed E-state index contributed by atoms with van der Waals surface area (Å²) >= 11 is 2.86. The van der Waals surface area contributed by atoms with Gasteiger partial charge in [-0.15, -0.1) is 11.3 Å². The minimum atomic E-state index is -0.288. The number of anilines is 3. The molecular weight excluding hydrogens is 443 g/mol. The Kier molecular flexibility index (Phi) is 6.89. The van der Waals surface area contributed by atoms with E-state index in [2.05, 4.69) is 26.2 Å². The van der Waals surface area contributed by atoms with Crippen LogP contribution in [0, 0.1) is 23.7 Å². The molecule has 2 aromatic heterocycles. The topological polar surface area (TPSA) is 92.0 Å². The van der Waals surface area contributed by atoms with Crippen molar-refractivity contribution >= 4 is 45.4 Å². The number of rotatable bonds is 6. The van der Waals surface area contributed by atoms with Crippen LogP contribution >= 0.6 is 23.1 Å². The minimum Gasteiger partial charge on any atom is -0.392 e. The number of thiazole rings is 1. The lowest BCUT2D eigenvalue weighted by atomic mass is 9.82. The smallest absolute Gasteiger partial charge is 0.232 e. The van der Waals surface area contributed by atoms with Crippen LogP contribution in [-0.2, 0) is 5.75 Å². The number of nitrogens with zero attached hydrogens (tertiary/aromatic N) is 4. The average Bonchev–Trinajstić information content (AvgIpc) is 3.26. The fraction of sp³-hybridized carbons (Fsp3) is 0.304. The van der Waals surface area contributed by atoms with Gasteiger partial charge in [-0.1, -0.05) is 31.0 Å². The maximum Gasteiger partial charge on any atom is 0.232 e. The summed E-state index contributed by atoms with van der Waals surface area (Å²) in [5.74, 6) is 0.602. The molecule has 1 fully saturated rings. The van der Waals surface area contributed by atoms with E-state index in [0.717, 1.165) is 42.6 Å². The van der Waals surface area contributed by atoms with Crippen molar-refractivity contribution in [2.45, 2.75) is 48.8 Å². The van der Waals surface area contributed by atoms with Gasteiger partial charge in [-0.25, -0.2) is 19.2 Å². The van der Waals surface area contributed by atoms with Crippen LogP contribution in [0.2, 0.25) is 0 Å². The van der Waals surface area contributed by atoms with Gasteiger partial charge in [-0.2, -0.15) is 5.26 Å². The van der Waals surface area contributed by atoms with E-state index in [1.807, 2.05) is 5.38 Å². The predicted molar refractivity (Wildman–Crippen MR) is 127 cm³/mol. The molecule has 32 heavy (non-hydrogen) atoms. The lowest BCUT2D eigenvalue weighted by molar-refractivity contribution is 0.443. The Morgan fingerprint density at radius 2 is 2.00 bits per heavy atom. The van der Waals surface area contributed by atoms with Crippen molar-refractivity contribution in [3.63, 3.8) is 0 Å². The Morgan fingerprint density at radius 3 is 2.69 bits per heavy atom. The van der Waals surface area contributed by atoms with E-state index >= 15 is 0 Å². The number of thioether (sulfide) groups is 1. The Balaban J connectivity index is 1.54. The van der Waals surface area contributed by atoms with E-state index in [0.29, 0.717) is 27.2 Å². The number of nitriles is 1. The van der Waals surface area contributed by atoms with Crippen molar-refractivity contribution in [2.24, 2.45) is 0 Å². The van der Waals surface area contributed by atoms with Crippen molar-refractivity contribution in [3.8, 4) is 6.07 Å². The highest BCUT2D eigenvalue weighted by Crippen LogP contribution is 2.44. The monoisotopic (exact) mass is 464 g/mol. The van der Waals surface area contributed by atoms with Gasteiger partial charge >= 0.3 is 0 Å². The predicted octanol–water partition coefficient (Wildman–Crippen LogP) is 6.77. The quantitative estimate of drug-likeness (QED) is 0.309. The lowest BCUT2D eigenvalue weighted by Gasteiger charge is -2.25. The van der Waals surface area contributed by atoms with Crippen molar-refractivity contribution in [1.82, 2.24) is 9.97 Å². The Labute approximate surface area is 194 Å². The zero-order valence-corrected chi connectivity index (χ0v) is 18.9. The summed E-state index contributed by atoms with van der Waals surface area (Å²) in [7, 11) is 0. The summed E-state index contributed by atoms with van der Waals surface area (Å²) < 4.78 is 13.1. The molecule has 9 heteroatoms. The third kappa shape index (κ3) is 4.85. The average molecular weight is 465 g/mol. The molecule has 3 aromatic rings. The van der Waals surface area contributed by atoms with Crippen LogP contribution in [0.1, 0.15) is 54.8 Å². The van der Waals surface area contributed by atoms with Crippen molar-refractivity contribution in [1.29, 1.82) is 5.26 Å². The Morgan fingerprint density at radius 1 is 1.25 bits per heavy atom. The van der Waals surface area contributed by atoms with Gasteiger partial charge in [0.25, 0.3) is 0 Å². The molecular formula is C23H21FN6S2. The molecule has 4 rings (SSSR count). The van der Waals surface area contributed by atoms with Crippen LogP contribution in [0.3, 0.4) is 0 Å². The molecule has 0 atom stereocenters. The van der Waals surface area contributed by atoms with Crippen LogP contribution in [0.5, 0.6) is 0 Å². The molecule has 0 unspecified atom stereocenters. The summed E-state index contributed by atoms with van der Waals surface area (Å²) in [6, 6.07) is 8.39. The summed E-state index contributed by atoms with van der Waals surface area (Å²) in [4.78, 5) is 12.6. The zero-order chi connectivity index (χ0) is 22.5. The van der Waals surface area contributed by atoms with E-state index in [1.165, 1.54) is 41.7 Å². The summed E-state index contributed by atoms with van der Waals surface area (Å²) in [5.41, 5.74) is 9.30. The molecule has 1 aliphatic rings. The van der Waals surface area contributed by atoms with Gasteiger partial charge < -0.3 is 11.1 Å². The van der Waals surface area contributed by atoms with Gasteiger partial charge in [0, 0.05) is 16.8 Å². The third-order valence-electron chi connectivity index (χ3n) is 5.44. The molecule has 0 aliphatic heterocycles. The van der Waals surface area contributed by atoms with Crippen molar-refractivity contribution < 1.29 is 4.39 Å². The Bertz CT molecular complexity index is 1190. The fourth-order valence-electron chi connectivity index (χ4n) is 3.94. The van der Waals surface area contributed by atoms with E-state index in [1.54, 1.807) is 12.1 Å². The molecule has 0 radical (unpaired) electrons. The molecule has 1 aromatic carbocycles. The van der Waals surface area contributed by atoms with Crippen LogP contribution in [0.25, 0.3) is 4.85 Å². The largest absolute Gasteiger partial charge is 0.392 e. The normalized spacial score (nSPS) is 14.0. The molecule has 0 amide bonds. The van der Waals surface area contributed by atoms with Crippen molar-refractivity contribution in [3.05, 3.63) is 63.7 Å². The number of pyridine rings is 1. The number of hydrogen-bond acceptors (Lipinski definition) is 7. The number of benzene rings is 1. The first kappa shape index (κ1) is 22.1. The molecule has 0 saturated heterocycles. The van der Waals surface area contributed by atoms with Gasteiger partial charge in [0.15, 0.2) is 5.13 Å². The number of nitrogens with one attached hydrogen (secondary N) is 1. The highest BCUT2D eigenvalue weighted by atomic mass is 32.2. The molecule has 1 aliphatic carbocycles. The number of halogens is 1. The van der Waals surface area contributed by atoms with Crippen LogP contribution in [0.15, 0.2) is 34.7 Å². The second-order valence-corrected chi connectivity index (χ2v) is 9.38. The molecule has 162 valence electrons. The third-order valence-corrected chi connectivity index (χ3v) is 7.26. The second-order valence-electron chi connectivity index (χ2n) is 7.56. The summed E-state index contributed by atoms with van der Waals surface area (Å²) in [6.45, 7) is 7.58. The first-order valence-corrected chi connectivity index (χ1v) is 12.2. The first-order valence-electron chi connectivity index (χ1n) is 10.3. The summed E-state index contributed by atoms with van der Waals surface area (Å²) in [5, 5.41) is 16.3. The van der Waals surface area contributed by atoms with Crippen LogP contribution < -0.4 is 11.1 Å². The maximum absolute atomic E-state index is 13.1. The van der Waals surface area contributed by atoms with Gasteiger partial charge in [0.05, 0.1) is 17.8 Å². The first-order chi connectivity index (χ1) is 15.6. The molecule has 3 N–H and O–H groups in total. The van der Waals surface area contributed by atoms with Gasteiger partial charge in [0.1, 0.15) is 22.7 Å². The number of hydrogen-bond donors (Lipinski definition) is 2. The molecule has 2 heterocycles. The molecule has 0 bridgehead atoms. The number of aromatic nitrogens is 2. The minimum absolute atomic E-state index is 0.179. The van der Waals surface area contributed by atoms with E-state index in [9.17, 15) is 9.65 Å². The zero-order valence-electron chi connectivity index (χ0n) is 17.3. The van der Waals surface area contributed by atoms with E-state index < -0.39 is 0 Å². The standard InChI is InChI=1S/C23H21FN6S2/c1-27-20-19(14-5-3-2-4-6-14)18(11-25)22(30-21(20)26)31-12-17-13-32-23(29-17)28-16-9-7-15(24)8-10-16/h7-10,13-14H,2-6,12H2,(H2,26,30)(H,28,29). The van der Waals surface area contributed by atoms with Gasteiger partial charge in [-0.05, 0) is 48.6 Å². The van der Waals surface area contributed by atoms with E-state index in [4.69, 9.17) is 12.3 Å². The SMILES string of the molecule is [C-]#[N+]c1c(N)nc(SCc2csc(Nc3ccc(F)cc3)n2)c(C#N)c1C1CCCCC1. The maximum atomic E-state index is 13.1. The van der Waals surface area contributed by atoms with Crippen LogP contribution in [-0.4, -0.2) is 9.97 Å². The number of nitrogen functional groups attached to an aromatic ring is 1. The summed E-state index contributed by atoms with van der Waals surface area (Å²) in [6.07, 6.45) is 5.32. The van der Waals surface area contributed by atoms with Gasteiger partial charge in [-0.3, -0.25) is 0 Å². The second kappa shape index (κ2) is 9.99. The van der Waals surface area contributed by atoms with Crippen LogP contribution in [0.4, 0.5) is 26.7 Å². The molecule has 0 spiro atoms. The molecule has 6 nitrogen and oxygen atoms in total. The van der Waals surface area contributed by atoms with Crippen molar-refractivity contribution in [2.75, 3.05) is 11.1 Å². The van der Waals surface area contributed by atoms with Gasteiger partial charge in [0.2, 0.25) is 5.69 Å². The number of nitrogens with two attached hydrogens (primary N) is 1. The highest BCUT2D eigenvalue weighted by molar-refractivity contribution is 7.98. The molecule has 1 saturated carbocycles. The Hall–Kier alpha value is -3.14. The fourth-order valence-corrected chi connectivity index (χ4v) is 5.67. The lowest BCUT2D eigenvalue weighted by Crippen LogP contribution is -2.10.